The van der Waals surface area contributed by atoms with Crippen molar-refractivity contribution in [1.29, 1.82) is 10.8 Å². The number of nitrogens with zero attached hydrogens (tertiary/aromatic N) is 8. The lowest BCUT2D eigenvalue weighted by Gasteiger charge is -2.15. The second kappa shape index (κ2) is 6.46. The van der Waals surface area contributed by atoms with Crippen LogP contribution in [0.15, 0.2) is 62.9 Å². The van der Waals surface area contributed by atoms with E-state index in [4.69, 9.17) is 10.8 Å². The molecular formula is C20H12N10O3. The zero-order valence-electron chi connectivity index (χ0n) is 16.5. The molecule has 0 fully saturated rings. The molecule has 2 aromatic heterocycles. The minimum atomic E-state index is -1.39. The fraction of sp³-hybridized carbons (Fsp3) is 0.0500. The molecule has 4 aromatic rings. The van der Waals surface area contributed by atoms with E-state index in [1.54, 1.807) is 24.3 Å². The first-order chi connectivity index (χ1) is 16.0. The maximum atomic E-state index is 13.9. The second-order valence-electron chi connectivity index (χ2n) is 7.28. The molecule has 2 aliphatic heterocycles. The van der Waals surface area contributed by atoms with E-state index in [1.165, 1.54) is 0 Å². The number of hydrogen-bond acceptors (Lipinski definition) is 9. The lowest BCUT2D eigenvalue weighted by atomic mass is 9.89. The summed E-state index contributed by atoms with van der Waals surface area (Å²) in [6.45, 7) is 0. The Kier molecular flexibility index (Phi) is 3.66. The van der Waals surface area contributed by atoms with Crippen LogP contribution >= 0.6 is 0 Å². The topological polar surface area (TPSA) is 190 Å². The largest absolute Gasteiger partial charge is 0.493 e. The van der Waals surface area contributed by atoms with Crippen molar-refractivity contribution in [2.45, 2.75) is 5.92 Å². The first-order valence-electron chi connectivity index (χ1n) is 9.62. The van der Waals surface area contributed by atoms with Crippen LogP contribution in [0.3, 0.4) is 0 Å². The summed E-state index contributed by atoms with van der Waals surface area (Å²) in [6, 6.07) is 12.5. The fourth-order valence-corrected chi connectivity index (χ4v) is 3.99. The third-order valence-corrected chi connectivity index (χ3v) is 5.48. The third-order valence-electron chi connectivity index (χ3n) is 5.48. The molecule has 0 saturated carbocycles. The summed E-state index contributed by atoms with van der Waals surface area (Å²) in [5, 5.41) is 53.4. The second-order valence-corrected chi connectivity index (χ2v) is 7.28. The van der Waals surface area contributed by atoms with Gasteiger partial charge in [0.1, 0.15) is 17.3 Å². The lowest BCUT2D eigenvalue weighted by molar-refractivity contribution is 0.0970. The highest BCUT2D eigenvalue weighted by Gasteiger charge is 2.40. The molecule has 0 atom stereocenters. The Morgan fingerprint density at radius 1 is 0.788 bits per heavy atom. The van der Waals surface area contributed by atoms with Gasteiger partial charge in [-0.05, 0) is 10.8 Å². The molecule has 13 nitrogen and oxygen atoms in total. The number of hydrogen-bond donors (Lipinski definition) is 4. The number of azo groups is 2. The van der Waals surface area contributed by atoms with E-state index in [2.05, 4.69) is 30.4 Å². The Labute approximate surface area is 183 Å². The molecule has 0 unspecified atom stereocenters. The highest BCUT2D eigenvalue weighted by molar-refractivity contribution is 6.12. The van der Waals surface area contributed by atoms with Crippen LogP contribution in [0.5, 0.6) is 11.8 Å². The molecule has 0 aliphatic carbocycles. The molecule has 2 aliphatic rings. The molecule has 0 amide bonds. The first-order valence-corrected chi connectivity index (χ1v) is 9.62. The Balaban J connectivity index is 1.61. The molecule has 0 spiro atoms. The van der Waals surface area contributed by atoms with Crippen molar-refractivity contribution in [2.24, 2.45) is 20.5 Å². The lowest BCUT2D eigenvalue weighted by Crippen LogP contribution is -2.17. The third kappa shape index (κ3) is 2.49. The zero-order valence-corrected chi connectivity index (χ0v) is 16.5. The van der Waals surface area contributed by atoms with Crippen LogP contribution in [0.25, 0.3) is 10.8 Å². The number of aromatic nitrogens is 4. The van der Waals surface area contributed by atoms with Gasteiger partial charge in [-0.15, -0.1) is 20.5 Å². The van der Waals surface area contributed by atoms with Gasteiger partial charge in [-0.25, -0.2) is 19.1 Å². The van der Waals surface area contributed by atoms with Crippen molar-refractivity contribution in [3.63, 3.8) is 0 Å². The van der Waals surface area contributed by atoms with Crippen LogP contribution in [0.2, 0.25) is 0 Å². The Morgan fingerprint density at radius 2 is 1.33 bits per heavy atom. The van der Waals surface area contributed by atoms with Crippen LogP contribution in [-0.2, 0) is 0 Å². The van der Waals surface area contributed by atoms with E-state index in [9.17, 15) is 15.0 Å². The summed E-state index contributed by atoms with van der Waals surface area (Å²) in [7, 11) is 0. The van der Waals surface area contributed by atoms with Crippen molar-refractivity contribution >= 4 is 40.4 Å². The van der Waals surface area contributed by atoms with Gasteiger partial charge in [-0.2, -0.15) is 0 Å². The molecule has 33 heavy (non-hydrogen) atoms. The number of ketones is 1. The van der Waals surface area contributed by atoms with Crippen LogP contribution in [0.1, 0.15) is 27.7 Å². The van der Waals surface area contributed by atoms with Gasteiger partial charge >= 0.3 is 0 Å². The van der Waals surface area contributed by atoms with E-state index in [0.717, 1.165) is 14.5 Å². The standard InChI is InChI=1S/C20H12N10O3/c21-17-25-27-19-23-12(15(32)29(17)19)11(13-16(33)30-18(22)26-28-20(30)24-13)14(31)10-7-3-5-8-4-1-2-6-9(8)10/h1-7,11,21-22,32-33H. The number of nitrogens with one attached hydrogen (secondary N) is 2. The normalized spacial score (nSPS) is 14.8. The molecular weight excluding hydrogens is 428 g/mol. The maximum Gasteiger partial charge on any atom is 0.259 e. The van der Waals surface area contributed by atoms with Gasteiger partial charge in [0.15, 0.2) is 5.78 Å². The predicted octanol–water partition coefficient (Wildman–Crippen LogP) is 3.42. The number of carbonyl (C=O) groups excluding carboxylic acids is 1. The van der Waals surface area contributed by atoms with Crippen LogP contribution in [-0.4, -0.2) is 47.0 Å². The highest BCUT2D eigenvalue weighted by atomic mass is 16.3. The van der Waals surface area contributed by atoms with E-state index in [0.29, 0.717) is 10.9 Å². The minimum Gasteiger partial charge on any atom is -0.493 e. The van der Waals surface area contributed by atoms with Gasteiger partial charge in [-0.3, -0.25) is 15.6 Å². The van der Waals surface area contributed by atoms with Crippen LogP contribution in [0.4, 0.5) is 11.9 Å². The molecule has 4 heterocycles. The van der Waals surface area contributed by atoms with Crippen molar-refractivity contribution < 1.29 is 15.0 Å². The number of benzene rings is 2. The van der Waals surface area contributed by atoms with Gasteiger partial charge in [0.25, 0.3) is 23.8 Å². The summed E-state index contributed by atoms with van der Waals surface area (Å²) in [5.74, 6) is -3.86. The zero-order chi connectivity index (χ0) is 22.9. The average Bonchev–Trinajstić information content (AvgIpc) is 3.54. The molecule has 0 bridgehead atoms. The summed E-state index contributed by atoms with van der Waals surface area (Å²) < 4.78 is 1.95. The highest BCUT2D eigenvalue weighted by Crippen LogP contribution is 2.43. The molecule has 6 rings (SSSR count). The molecule has 0 saturated heterocycles. The van der Waals surface area contributed by atoms with Gasteiger partial charge in [0.05, 0.1) is 0 Å². The molecule has 4 N–H and O–H groups in total. The van der Waals surface area contributed by atoms with E-state index >= 15 is 0 Å². The Hall–Kier alpha value is -5.07. The van der Waals surface area contributed by atoms with E-state index < -0.39 is 23.5 Å². The maximum absolute atomic E-state index is 13.9. The van der Waals surface area contributed by atoms with Gasteiger partial charge in [0.2, 0.25) is 11.8 Å². The monoisotopic (exact) mass is 440 g/mol. The SMILES string of the molecule is N=C1N=Nc2nc(C(C(=O)c3cccc4ccccc34)c3nc4n(c3O)C(=N)N=N4)c(O)n21. The van der Waals surface area contributed by atoms with E-state index in [-0.39, 0.29) is 35.2 Å². The van der Waals surface area contributed by atoms with Gasteiger partial charge < -0.3 is 10.2 Å². The van der Waals surface area contributed by atoms with Crippen molar-refractivity contribution in [3.8, 4) is 11.8 Å². The summed E-state index contributed by atoms with van der Waals surface area (Å²) >= 11 is 0. The van der Waals surface area contributed by atoms with Crippen LogP contribution < -0.4 is 0 Å². The minimum absolute atomic E-state index is 0.0816. The van der Waals surface area contributed by atoms with Crippen LogP contribution in [0, 0.1) is 10.8 Å². The summed E-state index contributed by atoms with van der Waals surface area (Å²) in [6.07, 6.45) is 0. The first kappa shape index (κ1) is 18.7. The molecule has 2 aromatic carbocycles. The quantitative estimate of drug-likeness (QED) is 0.353. The van der Waals surface area contributed by atoms with Gasteiger partial charge in [0, 0.05) is 5.56 Å². The molecule has 0 radical (unpaired) electrons. The Morgan fingerprint density at radius 3 is 1.91 bits per heavy atom. The van der Waals surface area contributed by atoms with Crippen molar-refractivity contribution in [2.75, 3.05) is 0 Å². The number of fused-ring (bicyclic) bond motifs is 3. The summed E-state index contributed by atoms with van der Waals surface area (Å²) in [4.78, 5) is 22.4. The number of rotatable bonds is 4. The number of imidazole rings is 2. The average molecular weight is 440 g/mol. The molecule has 160 valence electrons. The predicted molar refractivity (Wildman–Crippen MR) is 113 cm³/mol. The number of Topliss-reactive ketones (excluding diaryl/α,β-unsaturated/α-hetero) is 1. The fourth-order valence-electron chi connectivity index (χ4n) is 3.99. The van der Waals surface area contributed by atoms with E-state index in [1.807, 2.05) is 18.2 Å². The molecule has 13 heteroatoms. The Bertz CT molecular complexity index is 1530. The number of aromatic hydroxyl groups is 2. The van der Waals surface area contributed by atoms with Crippen molar-refractivity contribution in [1.82, 2.24) is 19.1 Å². The van der Waals surface area contributed by atoms with Crippen molar-refractivity contribution in [3.05, 3.63) is 59.4 Å². The smallest absolute Gasteiger partial charge is 0.259 e. The number of carbonyl (C=O) groups is 1. The van der Waals surface area contributed by atoms with Gasteiger partial charge in [-0.1, -0.05) is 42.5 Å². The summed E-state index contributed by atoms with van der Waals surface area (Å²) in [5.41, 5.74) is -0.0182.